The van der Waals surface area contributed by atoms with Crippen LogP contribution in [0.5, 0.6) is 0 Å². The number of rotatable bonds is 4. The van der Waals surface area contributed by atoms with Gasteiger partial charge in [0.15, 0.2) is 5.78 Å². The van der Waals surface area contributed by atoms with Gasteiger partial charge in [-0.1, -0.05) is 54.1 Å². The van der Waals surface area contributed by atoms with E-state index in [0.29, 0.717) is 11.1 Å². The summed E-state index contributed by atoms with van der Waals surface area (Å²) < 4.78 is 0. The van der Waals surface area contributed by atoms with Crippen LogP contribution in [0.25, 0.3) is 0 Å². The highest BCUT2D eigenvalue weighted by molar-refractivity contribution is 6.35. The van der Waals surface area contributed by atoms with Crippen LogP contribution in [0, 0.1) is 6.92 Å². The molecular formula is C16H13ClO3. The van der Waals surface area contributed by atoms with Crippen LogP contribution in [0.3, 0.4) is 0 Å². The molecule has 0 amide bonds. The summed E-state index contributed by atoms with van der Waals surface area (Å²) in [7, 11) is 0. The van der Waals surface area contributed by atoms with Crippen molar-refractivity contribution >= 4 is 23.4 Å². The van der Waals surface area contributed by atoms with Gasteiger partial charge in [0.25, 0.3) is 0 Å². The smallest absolute Gasteiger partial charge is 0.318 e. The summed E-state index contributed by atoms with van der Waals surface area (Å²) >= 11 is 6.05. The van der Waals surface area contributed by atoms with Crippen LogP contribution in [0.15, 0.2) is 48.5 Å². The Morgan fingerprint density at radius 1 is 1.05 bits per heavy atom. The molecule has 0 heterocycles. The van der Waals surface area contributed by atoms with Crippen LogP contribution < -0.4 is 0 Å². The third-order valence-electron chi connectivity index (χ3n) is 3.11. The van der Waals surface area contributed by atoms with Gasteiger partial charge in [0.2, 0.25) is 0 Å². The second-order valence-electron chi connectivity index (χ2n) is 4.48. The number of carbonyl (C=O) groups excluding carboxylic acids is 1. The highest BCUT2D eigenvalue weighted by atomic mass is 35.5. The molecule has 0 aromatic heterocycles. The maximum Gasteiger partial charge on any atom is 0.318 e. The lowest BCUT2D eigenvalue weighted by atomic mass is 9.89. The minimum Gasteiger partial charge on any atom is -0.480 e. The van der Waals surface area contributed by atoms with E-state index in [1.165, 1.54) is 0 Å². The first-order valence-corrected chi connectivity index (χ1v) is 6.47. The van der Waals surface area contributed by atoms with Crippen molar-refractivity contribution in [3.8, 4) is 0 Å². The molecule has 0 bridgehead atoms. The fourth-order valence-corrected chi connectivity index (χ4v) is 2.45. The number of hydrogen-bond donors (Lipinski definition) is 1. The van der Waals surface area contributed by atoms with Crippen molar-refractivity contribution in [3.05, 3.63) is 70.2 Å². The number of benzene rings is 2. The van der Waals surface area contributed by atoms with Gasteiger partial charge < -0.3 is 5.11 Å². The Morgan fingerprint density at radius 2 is 1.70 bits per heavy atom. The molecule has 20 heavy (non-hydrogen) atoms. The second kappa shape index (κ2) is 5.88. The van der Waals surface area contributed by atoms with Crippen LogP contribution in [-0.2, 0) is 4.79 Å². The predicted octanol–water partition coefficient (Wildman–Crippen LogP) is 3.70. The first-order chi connectivity index (χ1) is 9.52. The zero-order chi connectivity index (χ0) is 14.7. The molecule has 0 radical (unpaired) electrons. The van der Waals surface area contributed by atoms with Gasteiger partial charge in [-0.3, -0.25) is 9.59 Å². The summed E-state index contributed by atoms with van der Waals surface area (Å²) in [5.74, 6) is -2.91. The van der Waals surface area contributed by atoms with Gasteiger partial charge in [0, 0.05) is 5.56 Å². The number of aliphatic carboxylic acids is 1. The van der Waals surface area contributed by atoms with Gasteiger partial charge in [-0.15, -0.1) is 0 Å². The Kier molecular flexibility index (Phi) is 4.20. The van der Waals surface area contributed by atoms with Crippen molar-refractivity contribution in [2.45, 2.75) is 12.8 Å². The van der Waals surface area contributed by atoms with Gasteiger partial charge in [-0.05, 0) is 24.1 Å². The molecule has 2 aromatic carbocycles. The maximum absolute atomic E-state index is 12.6. The van der Waals surface area contributed by atoms with Crippen molar-refractivity contribution in [2.75, 3.05) is 0 Å². The number of Topliss-reactive ketones (excluding diaryl/α,β-unsaturated/α-hetero) is 1. The first kappa shape index (κ1) is 14.3. The van der Waals surface area contributed by atoms with Crippen molar-refractivity contribution in [3.63, 3.8) is 0 Å². The summed E-state index contributed by atoms with van der Waals surface area (Å²) in [5, 5.41) is 9.65. The number of hydrogen-bond acceptors (Lipinski definition) is 2. The fourth-order valence-electron chi connectivity index (χ4n) is 2.14. The normalized spacial score (nSPS) is 11.9. The molecule has 0 saturated carbocycles. The van der Waals surface area contributed by atoms with E-state index in [-0.39, 0.29) is 10.6 Å². The fraction of sp³-hybridized carbons (Fsp3) is 0.125. The van der Waals surface area contributed by atoms with E-state index in [9.17, 15) is 14.7 Å². The predicted molar refractivity (Wildman–Crippen MR) is 77.3 cm³/mol. The van der Waals surface area contributed by atoms with Crippen molar-refractivity contribution < 1.29 is 14.7 Å². The van der Waals surface area contributed by atoms with E-state index in [1.807, 2.05) is 0 Å². The third-order valence-corrected chi connectivity index (χ3v) is 3.43. The highest BCUT2D eigenvalue weighted by Crippen LogP contribution is 2.27. The first-order valence-electron chi connectivity index (χ1n) is 6.09. The zero-order valence-electron chi connectivity index (χ0n) is 10.8. The molecule has 0 aliphatic heterocycles. The number of ketones is 1. The molecule has 0 saturated heterocycles. The standard InChI is InChI=1S/C16H13ClO3/c1-10-6-5-9-12(17)13(10)15(18)14(16(19)20)11-7-3-2-4-8-11/h2-9,14H,1H3,(H,19,20). The van der Waals surface area contributed by atoms with Crippen LogP contribution in [-0.4, -0.2) is 16.9 Å². The molecule has 0 aliphatic rings. The monoisotopic (exact) mass is 288 g/mol. The van der Waals surface area contributed by atoms with Gasteiger partial charge in [0.1, 0.15) is 5.92 Å². The van der Waals surface area contributed by atoms with Gasteiger partial charge in [0.05, 0.1) is 5.02 Å². The Morgan fingerprint density at radius 3 is 2.25 bits per heavy atom. The summed E-state index contributed by atoms with van der Waals surface area (Å²) in [5.41, 5.74) is 1.39. The third kappa shape index (κ3) is 2.73. The molecule has 0 aliphatic carbocycles. The van der Waals surface area contributed by atoms with E-state index in [1.54, 1.807) is 55.5 Å². The summed E-state index contributed by atoms with van der Waals surface area (Å²) in [6, 6.07) is 13.5. The van der Waals surface area contributed by atoms with E-state index in [2.05, 4.69) is 0 Å². The lowest BCUT2D eigenvalue weighted by molar-refractivity contribution is -0.137. The average Bonchev–Trinajstić information content (AvgIpc) is 2.39. The zero-order valence-corrected chi connectivity index (χ0v) is 11.6. The molecule has 4 heteroatoms. The highest BCUT2D eigenvalue weighted by Gasteiger charge is 2.31. The molecule has 3 nitrogen and oxygen atoms in total. The molecule has 2 rings (SSSR count). The topological polar surface area (TPSA) is 54.4 Å². The van der Waals surface area contributed by atoms with E-state index >= 15 is 0 Å². The van der Waals surface area contributed by atoms with Gasteiger partial charge >= 0.3 is 5.97 Å². The van der Waals surface area contributed by atoms with Crippen molar-refractivity contribution in [1.82, 2.24) is 0 Å². The lowest BCUT2D eigenvalue weighted by Crippen LogP contribution is -2.22. The average molecular weight is 289 g/mol. The molecule has 102 valence electrons. The molecular weight excluding hydrogens is 276 g/mol. The maximum atomic E-state index is 12.6. The molecule has 1 N–H and O–H groups in total. The number of carbonyl (C=O) groups is 2. The van der Waals surface area contributed by atoms with Gasteiger partial charge in [-0.2, -0.15) is 0 Å². The molecule has 0 spiro atoms. The van der Waals surface area contributed by atoms with E-state index < -0.39 is 17.7 Å². The quantitative estimate of drug-likeness (QED) is 0.689. The second-order valence-corrected chi connectivity index (χ2v) is 4.89. The van der Waals surface area contributed by atoms with Gasteiger partial charge in [-0.25, -0.2) is 0 Å². The Balaban J connectivity index is 2.51. The summed E-state index contributed by atoms with van der Waals surface area (Å²) in [6.07, 6.45) is 0. The summed E-state index contributed by atoms with van der Waals surface area (Å²) in [6.45, 7) is 1.74. The van der Waals surface area contributed by atoms with E-state index in [4.69, 9.17) is 11.6 Å². The van der Waals surface area contributed by atoms with E-state index in [0.717, 1.165) is 0 Å². The van der Waals surface area contributed by atoms with Crippen LogP contribution >= 0.6 is 11.6 Å². The molecule has 0 fully saturated rings. The van der Waals surface area contributed by atoms with Crippen LogP contribution in [0.2, 0.25) is 5.02 Å². The minimum absolute atomic E-state index is 0.269. The SMILES string of the molecule is Cc1cccc(Cl)c1C(=O)C(C(=O)O)c1ccccc1. The molecule has 2 aromatic rings. The lowest BCUT2D eigenvalue weighted by Gasteiger charge is -2.14. The minimum atomic E-state index is -1.24. The van der Waals surface area contributed by atoms with Crippen LogP contribution in [0.4, 0.5) is 0 Å². The number of aryl methyl sites for hydroxylation is 1. The molecule has 1 unspecified atom stereocenters. The Bertz CT molecular complexity index is 630. The largest absolute Gasteiger partial charge is 0.480 e. The summed E-state index contributed by atoms with van der Waals surface area (Å²) in [4.78, 5) is 24.0. The Hall–Kier alpha value is -2.13. The molecule has 1 atom stereocenters. The van der Waals surface area contributed by atoms with Crippen LogP contribution in [0.1, 0.15) is 27.4 Å². The Labute approximate surface area is 121 Å². The van der Waals surface area contributed by atoms with Crippen molar-refractivity contribution in [2.24, 2.45) is 0 Å². The number of halogens is 1. The van der Waals surface area contributed by atoms with Crippen molar-refractivity contribution in [1.29, 1.82) is 0 Å². The number of carboxylic acids is 1. The number of carboxylic acid groups (broad SMARTS) is 1.